The van der Waals surface area contributed by atoms with E-state index in [1.165, 1.54) is 18.4 Å². The molecule has 3 heterocycles. The summed E-state index contributed by atoms with van der Waals surface area (Å²) in [6.07, 6.45) is 11.3. The van der Waals surface area contributed by atoms with Crippen LogP contribution in [0.3, 0.4) is 0 Å². The van der Waals surface area contributed by atoms with Gasteiger partial charge in [0.25, 0.3) is 5.56 Å². The molecule has 0 saturated heterocycles. The zero-order chi connectivity index (χ0) is 22.9. The number of rotatable bonds is 5. The molecule has 0 N–H and O–H groups in total. The SMILES string of the molecule is O=c1c2c3nc4ccccc4nc3n(N=Cc3ccccc3)c2ncn1CCC1=CCCCC1. The van der Waals surface area contributed by atoms with Gasteiger partial charge in [0.2, 0.25) is 0 Å². The normalized spacial score (nSPS) is 14.4. The molecule has 7 heteroatoms. The first-order valence-electron chi connectivity index (χ1n) is 11.7. The van der Waals surface area contributed by atoms with Crippen molar-refractivity contribution in [2.24, 2.45) is 5.10 Å². The van der Waals surface area contributed by atoms with E-state index in [-0.39, 0.29) is 5.56 Å². The van der Waals surface area contributed by atoms with Crippen LogP contribution in [0, 0.1) is 0 Å². The smallest absolute Gasteiger partial charge is 0.265 e. The summed E-state index contributed by atoms with van der Waals surface area (Å²) in [4.78, 5) is 27.9. The summed E-state index contributed by atoms with van der Waals surface area (Å²) >= 11 is 0. The van der Waals surface area contributed by atoms with Gasteiger partial charge >= 0.3 is 0 Å². The maximum Gasteiger partial charge on any atom is 0.265 e. The average molecular weight is 449 g/mol. The van der Waals surface area contributed by atoms with Gasteiger partial charge in [-0.3, -0.25) is 9.36 Å². The predicted molar refractivity (Wildman–Crippen MR) is 135 cm³/mol. The van der Waals surface area contributed by atoms with E-state index in [0.29, 0.717) is 28.7 Å². The van der Waals surface area contributed by atoms with Gasteiger partial charge in [-0.15, -0.1) is 0 Å². The Balaban J connectivity index is 1.52. The van der Waals surface area contributed by atoms with Gasteiger partial charge in [-0.2, -0.15) is 9.78 Å². The summed E-state index contributed by atoms with van der Waals surface area (Å²) in [6, 6.07) is 17.5. The molecule has 0 fully saturated rings. The summed E-state index contributed by atoms with van der Waals surface area (Å²) in [5.74, 6) is 0. The molecule has 0 saturated carbocycles. The Morgan fingerprint density at radius 1 is 0.941 bits per heavy atom. The Kier molecular flexibility index (Phi) is 5.22. The van der Waals surface area contributed by atoms with Gasteiger partial charge in [0.05, 0.1) is 23.6 Å². The minimum absolute atomic E-state index is 0.107. The molecule has 168 valence electrons. The van der Waals surface area contributed by atoms with Gasteiger partial charge in [0.15, 0.2) is 11.3 Å². The van der Waals surface area contributed by atoms with Crippen molar-refractivity contribution >= 4 is 39.4 Å². The standard InChI is InChI=1S/C27H24N6O/c34-27-23-24-26(31-22-14-8-7-13-21(22)30-24)33(29-17-20-11-5-2-6-12-20)25(23)28-18-32(27)16-15-19-9-3-1-4-10-19/h2,5-9,11-14,17-18H,1,3-4,10,15-16H2. The van der Waals surface area contributed by atoms with E-state index in [1.54, 1.807) is 21.8 Å². The number of nitrogens with zero attached hydrogens (tertiary/aromatic N) is 6. The largest absolute Gasteiger partial charge is 0.298 e. The Bertz CT molecular complexity index is 1630. The van der Waals surface area contributed by atoms with Crippen LogP contribution in [-0.2, 0) is 6.54 Å². The summed E-state index contributed by atoms with van der Waals surface area (Å²) < 4.78 is 3.33. The van der Waals surface area contributed by atoms with Crippen molar-refractivity contribution in [3.8, 4) is 0 Å². The van der Waals surface area contributed by atoms with Gasteiger partial charge in [-0.1, -0.05) is 54.1 Å². The second-order valence-electron chi connectivity index (χ2n) is 8.65. The monoisotopic (exact) mass is 448 g/mol. The number of allylic oxidation sites excluding steroid dienone is 2. The molecule has 0 aliphatic heterocycles. The fourth-order valence-electron chi connectivity index (χ4n) is 4.58. The summed E-state index contributed by atoms with van der Waals surface area (Å²) in [5.41, 5.74) is 5.28. The third-order valence-corrected chi connectivity index (χ3v) is 6.39. The lowest BCUT2D eigenvalue weighted by atomic mass is 9.97. The highest BCUT2D eigenvalue weighted by atomic mass is 16.1. The first-order valence-corrected chi connectivity index (χ1v) is 11.7. The molecule has 0 amide bonds. The van der Waals surface area contributed by atoms with Crippen LogP contribution in [0.15, 0.2) is 82.5 Å². The average Bonchev–Trinajstić information content (AvgIpc) is 3.20. The van der Waals surface area contributed by atoms with Gasteiger partial charge in [-0.05, 0) is 49.8 Å². The van der Waals surface area contributed by atoms with E-state index in [4.69, 9.17) is 9.97 Å². The first-order chi connectivity index (χ1) is 16.8. The van der Waals surface area contributed by atoms with E-state index in [2.05, 4.69) is 16.2 Å². The molecular formula is C27H24N6O. The quantitative estimate of drug-likeness (QED) is 0.278. The molecule has 0 spiro atoms. The third kappa shape index (κ3) is 3.69. The number of aromatic nitrogens is 5. The Morgan fingerprint density at radius 2 is 1.74 bits per heavy atom. The minimum atomic E-state index is -0.107. The summed E-state index contributed by atoms with van der Waals surface area (Å²) in [6.45, 7) is 0.606. The second-order valence-corrected chi connectivity index (χ2v) is 8.65. The van der Waals surface area contributed by atoms with Gasteiger partial charge < -0.3 is 0 Å². The Labute approximate surface area is 196 Å². The van der Waals surface area contributed by atoms with Crippen LogP contribution in [0.2, 0.25) is 0 Å². The van der Waals surface area contributed by atoms with Crippen LogP contribution in [0.5, 0.6) is 0 Å². The Morgan fingerprint density at radius 3 is 2.53 bits per heavy atom. The fraction of sp³-hybridized carbons (Fsp3) is 0.222. The molecule has 1 aliphatic rings. The maximum atomic E-state index is 13.6. The first kappa shape index (κ1) is 20.5. The third-order valence-electron chi connectivity index (χ3n) is 6.39. The van der Waals surface area contributed by atoms with E-state index < -0.39 is 0 Å². The molecule has 2 aromatic carbocycles. The van der Waals surface area contributed by atoms with Crippen molar-refractivity contribution < 1.29 is 0 Å². The molecule has 7 nitrogen and oxygen atoms in total. The fourth-order valence-corrected chi connectivity index (χ4v) is 4.58. The molecule has 34 heavy (non-hydrogen) atoms. The number of aryl methyl sites for hydroxylation is 1. The zero-order valence-corrected chi connectivity index (χ0v) is 18.8. The summed E-state index contributed by atoms with van der Waals surface area (Å²) in [5, 5.41) is 5.12. The van der Waals surface area contributed by atoms with Crippen LogP contribution in [0.25, 0.3) is 33.2 Å². The van der Waals surface area contributed by atoms with Crippen molar-refractivity contribution in [1.82, 2.24) is 24.2 Å². The van der Waals surface area contributed by atoms with Crippen LogP contribution in [0.1, 0.15) is 37.7 Å². The lowest BCUT2D eigenvalue weighted by Crippen LogP contribution is -2.21. The molecule has 0 bridgehead atoms. The lowest BCUT2D eigenvalue weighted by Gasteiger charge is -2.13. The lowest BCUT2D eigenvalue weighted by molar-refractivity contribution is 0.610. The number of benzene rings is 2. The van der Waals surface area contributed by atoms with Crippen LogP contribution >= 0.6 is 0 Å². The molecule has 0 unspecified atom stereocenters. The van der Waals surface area contributed by atoms with Crippen LogP contribution in [0.4, 0.5) is 0 Å². The van der Waals surface area contributed by atoms with E-state index >= 15 is 0 Å². The van der Waals surface area contributed by atoms with Gasteiger partial charge in [-0.25, -0.2) is 15.0 Å². The number of fused-ring (bicyclic) bond motifs is 4. The van der Waals surface area contributed by atoms with Gasteiger partial charge in [0, 0.05) is 6.54 Å². The van der Waals surface area contributed by atoms with E-state index in [9.17, 15) is 4.79 Å². The molecule has 6 rings (SSSR count). The second kappa shape index (κ2) is 8.67. The van der Waals surface area contributed by atoms with E-state index in [1.807, 2.05) is 54.6 Å². The van der Waals surface area contributed by atoms with Crippen molar-refractivity contribution in [2.75, 3.05) is 0 Å². The van der Waals surface area contributed by atoms with Crippen molar-refractivity contribution in [3.05, 3.63) is 88.5 Å². The maximum absolute atomic E-state index is 13.6. The highest BCUT2D eigenvalue weighted by Gasteiger charge is 2.19. The van der Waals surface area contributed by atoms with Gasteiger partial charge in [0.1, 0.15) is 10.9 Å². The predicted octanol–water partition coefficient (Wildman–Crippen LogP) is 5.07. The summed E-state index contributed by atoms with van der Waals surface area (Å²) in [7, 11) is 0. The van der Waals surface area contributed by atoms with Crippen LogP contribution in [-0.4, -0.2) is 30.4 Å². The molecular weight excluding hydrogens is 424 g/mol. The van der Waals surface area contributed by atoms with Crippen molar-refractivity contribution in [3.63, 3.8) is 0 Å². The minimum Gasteiger partial charge on any atom is -0.298 e. The molecule has 1 aliphatic carbocycles. The van der Waals surface area contributed by atoms with Crippen molar-refractivity contribution in [1.29, 1.82) is 0 Å². The van der Waals surface area contributed by atoms with E-state index in [0.717, 1.165) is 35.9 Å². The number of hydrogen-bond acceptors (Lipinski definition) is 5. The van der Waals surface area contributed by atoms with Crippen LogP contribution < -0.4 is 5.56 Å². The number of para-hydroxylation sites is 2. The molecule has 3 aromatic heterocycles. The highest BCUT2D eigenvalue weighted by molar-refractivity contribution is 6.04. The zero-order valence-electron chi connectivity index (χ0n) is 18.8. The molecule has 0 atom stereocenters. The number of hydrogen-bond donors (Lipinski definition) is 0. The molecule has 5 aromatic rings. The van der Waals surface area contributed by atoms with Crippen molar-refractivity contribution in [2.45, 2.75) is 38.6 Å². The molecule has 0 radical (unpaired) electrons. The highest BCUT2D eigenvalue weighted by Crippen LogP contribution is 2.25. The Hall–Kier alpha value is -4.13. The topological polar surface area (TPSA) is 78.0 Å².